The Morgan fingerprint density at radius 3 is 2.42 bits per heavy atom. The zero-order valence-corrected chi connectivity index (χ0v) is 19.8. The third-order valence-electron chi connectivity index (χ3n) is 6.74. The van der Waals surface area contributed by atoms with Gasteiger partial charge in [0.15, 0.2) is 4.77 Å². The minimum absolute atomic E-state index is 0.114. The lowest BCUT2D eigenvalue weighted by molar-refractivity contribution is -0.127. The van der Waals surface area contributed by atoms with Gasteiger partial charge in [0.05, 0.1) is 13.2 Å². The van der Waals surface area contributed by atoms with Crippen molar-refractivity contribution in [3.8, 4) is 0 Å². The van der Waals surface area contributed by atoms with Crippen LogP contribution in [-0.2, 0) is 18.0 Å². The van der Waals surface area contributed by atoms with E-state index in [1.165, 1.54) is 18.4 Å². The minimum Gasteiger partial charge on any atom is -0.353 e. The monoisotopic (exact) mass is 441 g/mol. The number of rotatable bonds is 8. The fourth-order valence-electron chi connectivity index (χ4n) is 4.14. The van der Waals surface area contributed by atoms with Gasteiger partial charge in [0.2, 0.25) is 5.91 Å². The number of carbonyl (C=O) groups is 1. The summed E-state index contributed by atoms with van der Waals surface area (Å²) in [6.45, 7) is 9.66. The molecule has 0 bridgehead atoms. The van der Waals surface area contributed by atoms with E-state index in [2.05, 4.69) is 59.8 Å². The van der Waals surface area contributed by atoms with E-state index < -0.39 is 0 Å². The van der Waals surface area contributed by atoms with Gasteiger partial charge in [-0.1, -0.05) is 44.2 Å². The maximum Gasteiger partial charge on any atom is 0.223 e. The average Bonchev–Trinajstić information content (AvgIpc) is 3.56. The molecular formula is C24H35N5OS. The van der Waals surface area contributed by atoms with Crippen LogP contribution in [0.15, 0.2) is 30.3 Å². The van der Waals surface area contributed by atoms with E-state index in [4.69, 9.17) is 17.3 Å². The first-order chi connectivity index (χ1) is 14.9. The molecule has 4 rings (SSSR count). The number of hydrogen-bond acceptors (Lipinski definition) is 4. The van der Waals surface area contributed by atoms with Crippen LogP contribution in [0.5, 0.6) is 0 Å². The first-order valence-corrected chi connectivity index (χ1v) is 12.1. The molecule has 2 aromatic rings. The van der Waals surface area contributed by atoms with E-state index in [0.717, 1.165) is 43.1 Å². The van der Waals surface area contributed by atoms with Gasteiger partial charge in [-0.25, -0.2) is 4.68 Å². The molecule has 1 atom stereocenters. The second-order valence-corrected chi connectivity index (χ2v) is 9.93. The van der Waals surface area contributed by atoms with E-state index in [1.807, 2.05) is 10.7 Å². The lowest BCUT2D eigenvalue weighted by Gasteiger charge is -2.32. The number of piperidine rings is 1. The number of benzene rings is 1. The number of carbonyl (C=O) groups excluding carboxylic acids is 1. The molecule has 168 valence electrons. The minimum atomic E-state index is 0.114. The lowest BCUT2D eigenvalue weighted by atomic mass is 9.95. The maximum absolute atomic E-state index is 12.6. The Labute approximate surface area is 190 Å². The summed E-state index contributed by atoms with van der Waals surface area (Å²) in [5, 5.41) is 8.11. The molecule has 2 fully saturated rings. The molecule has 1 N–H and O–H groups in total. The van der Waals surface area contributed by atoms with Gasteiger partial charge in [-0.2, -0.15) is 5.10 Å². The van der Waals surface area contributed by atoms with Crippen LogP contribution in [0.3, 0.4) is 0 Å². The highest BCUT2D eigenvalue weighted by molar-refractivity contribution is 7.71. The molecule has 2 aliphatic rings. The number of nitrogens with one attached hydrogen (secondary N) is 1. The highest BCUT2D eigenvalue weighted by Crippen LogP contribution is 2.39. The molecule has 0 spiro atoms. The van der Waals surface area contributed by atoms with E-state index >= 15 is 0 Å². The molecule has 2 heterocycles. The van der Waals surface area contributed by atoms with E-state index in [1.54, 1.807) is 0 Å². The van der Waals surface area contributed by atoms with Gasteiger partial charge >= 0.3 is 0 Å². The van der Waals surface area contributed by atoms with Gasteiger partial charge in [0.1, 0.15) is 5.82 Å². The molecule has 1 saturated heterocycles. The molecule has 0 radical (unpaired) electrons. The van der Waals surface area contributed by atoms with Crippen LogP contribution >= 0.6 is 12.2 Å². The van der Waals surface area contributed by atoms with E-state index in [-0.39, 0.29) is 17.9 Å². The fraction of sp³-hybridized carbons (Fsp3) is 0.625. The predicted octanol–water partition coefficient (Wildman–Crippen LogP) is 4.17. The summed E-state index contributed by atoms with van der Waals surface area (Å²) >= 11 is 5.84. The fourth-order valence-corrected chi connectivity index (χ4v) is 4.40. The normalized spacial score (nSPS) is 19.0. The third-order valence-corrected chi connectivity index (χ3v) is 7.17. The van der Waals surface area contributed by atoms with Crippen LogP contribution in [0.2, 0.25) is 0 Å². The van der Waals surface area contributed by atoms with Crippen molar-refractivity contribution in [1.82, 2.24) is 24.6 Å². The Hall–Kier alpha value is -1.99. The van der Waals surface area contributed by atoms with Gasteiger partial charge < -0.3 is 5.32 Å². The molecule has 1 aromatic carbocycles. The summed E-state index contributed by atoms with van der Waals surface area (Å²) in [4.78, 5) is 14.9. The Morgan fingerprint density at radius 1 is 1.13 bits per heavy atom. The smallest absolute Gasteiger partial charge is 0.223 e. The quantitative estimate of drug-likeness (QED) is 0.625. The second kappa shape index (κ2) is 9.65. The summed E-state index contributed by atoms with van der Waals surface area (Å²) in [7, 11) is 0. The second-order valence-electron chi connectivity index (χ2n) is 9.56. The standard InChI is InChI=1S/C24H35N5OS/c1-17(2)18(3)25-23(30)21-11-13-27(14-12-21)16-29-24(31)28(22(26-29)20-9-10-20)15-19-7-5-4-6-8-19/h4-8,17-18,20-21H,9-16H2,1-3H3,(H,25,30). The van der Waals surface area contributed by atoms with Crippen molar-refractivity contribution in [2.75, 3.05) is 13.1 Å². The van der Waals surface area contributed by atoms with Crippen molar-refractivity contribution in [3.63, 3.8) is 0 Å². The molecule has 1 aromatic heterocycles. The summed E-state index contributed by atoms with van der Waals surface area (Å²) in [5.74, 6) is 2.45. The van der Waals surface area contributed by atoms with E-state index in [9.17, 15) is 4.79 Å². The Bertz CT molecular complexity index is 939. The van der Waals surface area contributed by atoms with Crippen molar-refractivity contribution in [2.24, 2.45) is 11.8 Å². The van der Waals surface area contributed by atoms with Gasteiger partial charge in [-0.05, 0) is 56.3 Å². The summed E-state index contributed by atoms with van der Waals surface area (Å²) < 4.78 is 5.01. The molecule has 1 aliphatic heterocycles. The number of aromatic nitrogens is 3. The summed E-state index contributed by atoms with van der Waals surface area (Å²) in [6, 6.07) is 10.7. The Kier molecular flexibility index (Phi) is 6.92. The SMILES string of the molecule is CC(C)C(C)NC(=O)C1CCN(Cn2nc(C3CC3)n(Cc3ccccc3)c2=S)CC1. The van der Waals surface area contributed by atoms with Crippen molar-refractivity contribution < 1.29 is 4.79 Å². The molecule has 7 heteroatoms. The molecule has 6 nitrogen and oxygen atoms in total. The van der Waals surface area contributed by atoms with Gasteiger partial charge in [0.25, 0.3) is 0 Å². The van der Waals surface area contributed by atoms with Crippen molar-refractivity contribution in [1.29, 1.82) is 0 Å². The molecule has 1 amide bonds. The van der Waals surface area contributed by atoms with Crippen LogP contribution < -0.4 is 5.32 Å². The van der Waals surface area contributed by atoms with Crippen molar-refractivity contribution >= 4 is 18.1 Å². The van der Waals surface area contributed by atoms with Gasteiger partial charge in [-0.3, -0.25) is 14.3 Å². The van der Waals surface area contributed by atoms with Crippen molar-refractivity contribution in [3.05, 3.63) is 46.5 Å². The summed E-state index contributed by atoms with van der Waals surface area (Å²) in [6.07, 6.45) is 4.19. The maximum atomic E-state index is 12.6. The molecule has 31 heavy (non-hydrogen) atoms. The highest BCUT2D eigenvalue weighted by atomic mass is 32.1. The number of amides is 1. The van der Waals surface area contributed by atoms with Crippen LogP contribution in [0, 0.1) is 16.6 Å². The Morgan fingerprint density at radius 2 is 1.81 bits per heavy atom. The summed E-state index contributed by atoms with van der Waals surface area (Å²) in [5.41, 5.74) is 1.25. The highest BCUT2D eigenvalue weighted by Gasteiger charge is 2.31. The van der Waals surface area contributed by atoms with Crippen LogP contribution in [0.4, 0.5) is 0 Å². The first-order valence-electron chi connectivity index (χ1n) is 11.7. The predicted molar refractivity (Wildman–Crippen MR) is 125 cm³/mol. The van der Waals surface area contributed by atoms with Crippen LogP contribution in [0.25, 0.3) is 0 Å². The lowest BCUT2D eigenvalue weighted by Crippen LogP contribution is -2.44. The van der Waals surface area contributed by atoms with E-state index in [0.29, 0.717) is 18.5 Å². The topological polar surface area (TPSA) is 55.1 Å². The number of likely N-dealkylation sites (tertiary alicyclic amines) is 1. The Balaban J connectivity index is 1.39. The zero-order valence-electron chi connectivity index (χ0n) is 19.0. The van der Waals surface area contributed by atoms with Crippen molar-refractivity contribution in [2.45, 2.75) is 71.6 Å². The van der Waals surface area contributed by atoms with Gasteiger partial charge in [0, 0.05) is 31.0 Å². The zero-order chi connectivity index (χ0) is 22.0. The largest absolute Gasteiger partial charge is 0.353 e. The number of nitrogens with zero attached hydrogens (tertiary/aromatic N) is 4. The third kappa shape index (κ3) is 5.44. The van der Waals surface area contributed by atoms with Crippen LogP contribution in [-0.4, -0.2) is 44.3 Å². The number of hydrogen-bond donors (Lipinski definition) is 1. The molecule has 1 saturated carbocycles. The van der Waals surface area contributed by atoms with Crippen LogP contribution in [0.1, 0.15) is 63.8 Å². The van der Waals surface area contributed by atoms with Gasteiger partial charge in [-0.15, -0.1) is 0 Å². The first kappa shape index (κ1) is 22.2. The average molecular weight is 442 g/mol. The molecule has 1 aliphatic carbocycles. The molecule has 1 unspecified atom stereocenters. The molecular weight excluding hydrogens is 406 g/mol.